The van der Waals surface area contributed by atoms with Gasteiger partial charge in [0.05, 0.1) is 16.9 Å². The second kappa shape index (κ2) is 6.73. The van der Waals surface area contributed by atoms with E-state index >= 15 is 0 Å². The highest BCUT2D eigenvalue weighted by molar-refractivity contribution is 9.10. The van der Waals surface area contributed by atoms with Gasteiger partial charge in [0.25, 0.3) is 5.76 Å². The van der Waals surface area contributed by atoms with Crippen LogP contribution in [0.5, 0.6) is 0 Å². The van der Waals surface area contributed by atoms with Gasteiger partial charge in [-0.05, 0) is 30.3 Å². The highest BCUT2D eigenvalue weighted by atomic mass is 79.9. The number of hydrogen-bond acceptors (Lipinski definition) is 3. The summed E-state index contributed by atoms with van der Waals surface area (Å²) in [6.07, 6.45) is 0. The second-order valence-corrected chi connectivity index (χ2v) is 5.75. The predicted octanol–water partition coefficient (Wildman–Crippen LogP) is 5.38. The van der Waals surface area contributed by atoms with E-state index in [1.165, 1.54) is 0 Å². The van der Waals surface area contributed by atoms with E-state index in [1.807, 2.05) is 0 Å². The van der Waals surface area contributed by atoms with E-state index in [4.69, 9.17) is 5.26 Å². The third-order valence-corrected chi connectivity index (χ3v) is 3.76. The van der Waals surface area contributed by atoms with Crippen LogP contribution in [0.2, 0.25) is 0 Å². The molecule has 0 aliphatic heterocycles. The molecule has 0 aromatic heterocycles. The zero-order chi connectivity index (χ0) is 14.5. The Morgan fingerprint density at radius 3 is 2.60 bits per heavy atom. The Labute approximate surface area is 127 Å². The largest absolute Gasteiger partial charge is 0.354 e. The van der Waals surface area contributed by atoms with Gasteiger partial charge in [-0.15, -0.1) is 0 Å². The van der Waals surface area contributed by atoms with Gasteiger partial charge in [-0.25, -0.2) is 0 Å². The lowest BCUT2D eigenvalue weighted by atomic mass is 10.2. The van der Waals surface area contributed by atoms with E-state index in [9.17, 15) is 8.78 Å². The quantitative estimate of drug-likeness (QED) is 0.748. The van der Waals surface area contributed by atoms with Gasteiger partial charge in [-0.2, -0.15) is 14.0 Å². The third-order valence-electron chi connectivity index (χ3n) is 2.47. The maximum atomic E-state index is 12.5. The minimum atomic E-state index is -2.49. The topological polar surface area (TPSA) is 35.8 Å². The highest BCUT2D eigenvalue weighted by Gasteiger charge is 2.11. The molecule has 1 N–H and O–H groups in total. The van der Waals surface area contributed by atoms with Crippen LogP contribution in [0.3, 0.4) is 0 Å². The van der Waals surface area contributed by atoms with Crippen LogP contribution >= 0.6 is 27.7 Å². The molecule has 0 bridgehead atoms. The molecule has 6 heteroatoms. The number of nitrogens with one attached hydrogen (secondary N) is 1. The monoisotopic (exact) mass is 354 g/mol. The fraction of sp³-hybridized carbons (Fsp3) is 0.0714. The summed E-state index contributed by atoms with van der Waals surface area (Å²) in [5.41, 5.74) is 1.57. The Balaban J connectivity index is 2.33. The number of nitriles is 1. The van der Waals surface area contributed by atoms with Crippen molar-refractivity contribution in [3.8, 4) is 6.07 Å². The summed E-state index contributed by atoms with van der Waals surface area (Å²) in [4.78, 5) is 0.439. The van der Waals surface area contributed by atoms with Crippen LogP contribution in [0.1, 0.15) is 5.56 Å². The first-order valence-corrected chi connectivity index (χ1v) is 7.28. The van der Waals surface area contributed by atoms with Crippen molar-refractivity contribution in [1.29, 1.82) is 5.26 Å². The molecule has 2 aromatic rings. The molecule has 2 aromatic carbocycles. The van der Waals surface area contributed by atoms with Gasteiger partial charge in [0.2, 0.25) is 0 Å². The molecule has 0 aliphatic rings. The van der Waals surface area contributed by atoms with Gasteiger partial charge < -0.3 is 5.32 Å². The molecule has 0 unspecified atom stereocenters. The number of para-hydroxylation sites is 1. The molecule has 0 atom stereocenters. The maximum absolute atomic E-state index is 12.5. The van der Waals surface area contributed by atoms with Crippen molar-refractivity contribution in [2.75, 3.05) is 5.32 Å². The van der Waals surface area contributed by atoms with E-state index in [-0.39, 0.29) is 0 Å². The smallest absolute Gasteiger partial charge is 0.288 e. The van der Waals surface area contributed by atoms with Crippen LogP contribution in [0.15, 0.2) is 51.8 Å². The van der Waals surface area contributed by atoms with Crippen molar-refractivity contribution in [2.24, 2.45) is 0 Å². The molecule has 0 fully saturated rings. The van der Waals surface area contributed by atoms with Gasteiger partial charge >= 0.3 is 0 Å². The molecule has 2 nitrogen and oxygen atoms in total. The standard InChI is InChI=1S/C14H9BrF2N2S/c15-10-5-6-11(9(7-10)8-18)19-12-3-1-2-4-13(12)20-14(16)17/h1-7,14,19H. The van der Waals surface area contributed by atoms with E-state index in [1.54, 1.807) is 42.5 Å². The van der Waals surface area contributed by atoms with Gasteiger partial charge in [0.15, 0.2) is 0 Å². The summed E-state index contributed by atoms with van der Waals surface area (Å²) in [5, 5.41) is 12.1. The summed E-state index contributed by atoms with van der Waals surface area (Å²) in [6, 6.07) is 14.0. The van der Waals surface area contributed by atoms with Gasteiger partial charge in [0.1, 0.15) is 6.07 Å². The van der Waals surface area contributed by atoms with Gasteiger partial charge in [0, 0.05) is 9.37 Å². The van der Waals surface area contributed by atoms with Crippen LogP contribution in [-0.4, -0.2) is 5.76 Å². The van der Waals surface area contributed by atoms with Crippen LogP contribution in [0.4, 0.5) is 20.2 Å². The van der Waals surface area contributed by atoms with Crippen LogP contribution < -0.4 is 5.32 Å². The summed E-state index contributed by atoms with van der Waals surface area (Å²) in [6.45, 7) is 0. The summed E-state index contributed by atoms with van der Waals surface area (Å²) in [7, 11) is 0. The zero-order valence-electron chi connectivity index (χ0n) is 10.1. The lowest BCUT2D eigenvalue weighted by Crippen LogP contribution is -1.96. The fourth-order valence-electron chi connectivity index (χ4n) is 1.63. The zero-order valence-corrected chi connectivity index (χ0v) is 12.5. The van der Waals surface area contributed by atoms with Crippen molar-refractivity contribution in [3.05, 3.63) is 52.5 Å². The second-order valence-electron chi connectivity index (χ2n) is 3.80. The molecular weight excluding hydrogens is 346 g/mol. The lowest BCUT2D eigenvalue weighted by Gasteiger charge is -2.12. The van der Waals surface area contributed by atoms with E-state index in [0.717, 1.165) is 4.47 Å². The first-order chi connectivity index (χ1) is 9.60. The Hall–Kier alpha value is -1.58. The number of rotatable bonds is 4. The van der Waals surface area contributed by atoms with E-state index in [0.29, 0.717) is 33.6 Å². The first-order valence-electron chi connectivity index (χ1n) is 5.60. The molecular formula is C14H9BrF2N2S. The van der Waals surface area contributed by atoms with Gasteiger partial charge in [-0.1, -0.05) is 39.8 Å². The van der Waals surface area contributed by atoms with E-state index in [2.05, 4.69) is 27.3 Å². The molecule has 0 spiro atoms. The third kappa shape index (κ3) is 3.71. The minimum Gasteiger partial charge on any atom is -0.354 e. The van der Waals surface area contributed by atoms with Crippen LogP contribution in [-0.2, 0) is 0 Å². The number of nitrogens with zero attached hydrogens (tertiary/aromatic N) is 1. The fourth-order valence-corrected chi connectivity index (χ4v) is 2.59. The molecule has 2 rings (SSSR count). The molecule has 0 saturated heterocycles. The number of thioether (sulfide) groups is 1. The number of anilines is 2. The van der Waals surface area contributed by atoms with Crippen molar-refractivity contribution < 1.29 is 8.78 Å². The number of halogens is 3. The normalized spacial score (nSPS) is 10.3. The van der Waals surface area contributed by atoms with Crippen LogP contribution in [0.25, 0.3) is 0 Å². The Morgan fingerprint density at radius 2 is 1.90 bits per heavy atom. The van der Waals surface area contributed by atoms with Crippen molar-refractivity contribution in [1.82, 2.24) is 0 Å². The first kappa shape index (κ1) is 14.8. The Kier molecular flexibility index (Phi) is 4.99. The lowest BCUT2D eigenvalue weighted by molar-refractivity contribution is 0.252. The summed E-state index contributed by atoms with van der Waals surface area (Å²) in [5.74, 6) is -2.49. The molecule has 0 radical (unpaired) electrons. The number of benzene rings is 2. The Morgan fingerprint density at radius 1 is 1.15 bits per heavy atom. The highest BCUT2D eigenvalue weighted by Crippen LogP contribution is 2.34. The summed E-state index contributed by atoms with van der Waals surface area (Å²) >= 11 is 3.76. The SMILES string of the molecule is N#Cc1cc(Br)ccc1Nc1ccccc1SC(F)F. The molecule has 102 valence electrons. The molecule has 0 heterocycles. The Bertz CT molecular complexity index is 656. The van der Waals surface area contributed by atoms with Crippen molar-refractivity contribution in [2.45, 2.75) is 10.7 Å². The average Bonchev–Trinajstić information content (AvgIpc) is 2.42. The number of hydrogen-bond donors (Lipinski definition) is 1. The van der Waals surface area contributed by atoms with Crippen molar-refractivity contribution >= 4 is 39.1 Å². The molecule has 0 amide bonds. The van der Waals surface area contributed by atoms with E-state index < -0.39 is 5.76 Å². The summed E-state index contributed by atoms with van der Waals surface area (Å²) < 4.78 is 25.8. The predicted molar refractivity (Wildman–Crippen MR) is 80.4 cm³/mol. The maximum Gasteiger partial charge on any atom is 0.288 e. The molecule has 20 heavy (non-hydrogen) atoms. The molecule has 0 aliphatic carbocycles. The number of alkyl halides is 2. The molecule has 0 saturated carbocycles. The van der Waals surface area contributed by atoms with Crippen molar-refractivity contribution in [3.63, 3.8) is 0 Å². The minimum absolute atomic E-state index is 0.439. The van der Waals surface area contributed by atoms with Crippen LogP contribution in [0, 0.1) is 11.3 Å². The average molecular weight is 355 g/mol. The van der Waals surface area contributed by atoms with Gasteiger partial charge in [-0.3, -0.25) is 0 Å².